The predicted molar refractivity (Wildman–Crippen MR) is 79.1 cm³/mol. The molecule has 1 aliphatic heterocycles. The topological polar surface area (TPSA) is 73.6 Å². The molecular weight excluding hydrogens is 284 g/mol. The van der Waals surface area contributed by atoms with E-state index in [1.165, 1.54) is 0 Å². The van der Waals surface area contributed by atoms with Crippen molar-refractivity contribution in [1.29, 1.82) is 0 Å². The first kappa shape index (κ1) is 14.6. The summed E-state index contributed by atoms with van der Waals surface area (Å²) in [5, 5.41) is 2.71. The van der Waals surface area contributed by atoms with Gasteiger partial charge in [0, 0.05) is 31.1 Å². The molecule has 1 saturated heterocycles. The highest BCUT2D eigenvalue weighted by Gasteiger charge is 2.17. The lowest BCUT2D eigenvalue weighted by Crippen LogP contribution is -2.27. The fourth-order valence-electron chi connectivity index (χ4n) is 2.33. The molecule has 1 N–H and O–H groups in total. The standard InChI is InChI=1S/C16H18N2O4/c19-16(22-11-14-3-1-5-20-14)18-9-12-7-13(10-17-8-12)15-4-2-6-21-15/h2,4,6-8,10,14H,1,3,5,9,11H2,(H,18,19). The van der Waals surface area contributed by atoms with Crippen molar-refractivity contribution in [2.75, 3.05) is 13.2 Å². The fraction of sp³-hybridized carbons (Fsp3) is 0.375. The lowest BCUT2D eigenvalue weighted by Gasteiger charge is -2.11. The van der Waals surface area contributed by atoms with Crippen molar-refractivity contribution in [1.82, 2.24) is 10.3 Å². The third kappa shape index (κ3) is 3.85. The maximum Gasteiger partial charge on any atom is 0.407 e. The van der Waals surface area contributed by atoms with Crippen LogP contribution < -0.4 is 5.32 Å². The molecule has 1 aliphatic rings. The van der Waals surface area contributed by atoms with Crippen LogP contribution in [0, 0.1) is 0 Å². The molecule has 0 aromatic carbocycles. The van der Waals surface area contributed by atoms with Crippen LogP contribution in [0.3, 0.4) is 0 Å². The van der Waals surface area contributed by atoms with Gasteiger partial charge in [-0.05, 0) is 36.6 Å². The van der Waals surface area contributed by atoms with Gasteiger partial charge in [0.2, 0.25) is 0 Å². The summed E-state index contributed by atoms with van der Waals surface area (Å²) in [6.45, 7) is 1.41. The molecule has 3 heterocycles. The van der Waals surface area contributed by atoms with E-state index < -0.39 is 6.09 Å². The van der Waals surface area contributed by atoms with Crippen molar-refractivity contribution in [2.45, 2.75) is 25.5 Å². The molecule has 2 aromatic heterocycles. The Morgan fingerprint density at radius 1 is 1.45 bits per heavy atom. The number of hydrogen-bond donors (Lipinski definition) is 1. The zero-order chi connectivity index (χ0) is 15.2. The summed E-state index contributed by atoms with van der Waals surface area (Å²) in [6, 6.07) is 5.61. The first-order chi connectivity index (χ1) is 10.8. The molecule has 3 rings (SSSR count). The molecule has 1 unspecified atom stereocenters. The molecular formula is C16H18N2O4. The van der Waals surface area contributed by atoms with Crippen LogP contribution in [0.15, 0.2) is 41.3 Å². The zero-order valence-corrected chi connectivity index (χ0v) is 12.2. The second-order valence-electron chi connectivity index (χ2n) is 5.15. The predicted octanol–water partition coefficient (Wildman–Crippen LogP) is 2.75. The number of amides is 1. The third-order valence-corrected chi connectivity index (χ3v) is 3.46. The first-order valence-electron chi connectivity index (χ1n) is 7.31. The van der Waals surface area contributed by atoms with Gasteiger partial charge in [-0.1, -0.05) is 0 Å². The number of rotatable bonds is 5. The van der Waals surface area contributed by atoms with Gasteiger partial charge in [-0.3, -0.25) is 4.98 Å². The molecule has 0 radical (unpaired) electrons. The molecule has 116 valence electrons. The van der Waals surface area contributed by atoms with Crippen LogP contribution in [0.5, 0.6) is 0 Å². The summed E-state index contributed by atoms with van der Waals surface area (Å²) in [5.74, 6) is 0.746. The number of nitrogens with one attached hydrogen (secondary N) is 1. The second kappa shape index (κ2) is 7.09. The van der Waals surface area contributed by atoms with Gasteiger partial charge < -0.3 is 19.2 Å². The lowest BCUT2D eigenvalue weighted by molar-refractivity contribution is 0.0437. The van der Waals surface area contributed by atoms with Gasteiger partial charge in [0.1, 0.15) is 12.4 Å². The molecule has 2 aromatic rings. The molecule has 1 fully saturated rings. The highest BCUT2D eigenvalue weighted by atomic mass is 16.6. The number of carbonyl (C=O) groups excluding carboxylic acids is 1. The Labute approximate surface area is 128 Å². The van der Waals surface area contributed by atoms with Crippen molar-refractivity contribution in [3.8, 4) is 11.3 Å². The van der Waals surface area contributed by atoms with Crippen LogP contribution in [0.4, 0.5) is 4.79 Å². The molecule has 6 nitrogen and oxygen atoms in total. The molecule has 1 amide bonds. The van der Waals surface area contributed by atoms with Gasteiger partial charge >= 0.3 is 6.09 Å². The van der Waals surface area contributed by atoms with E-state index in [0.29, 0.717) is 13.2 Å². The fourth-order valence-corrected chi connectivity index (χ4v) is 2.33. The minimum absolute atomic E-state index is 0.0368. The van der Waals surface area contributed by atoms with Gasteiger partial charge in [0.05, 0.1) is 12.4 Å². The average molecular weight is 302 g/mol. The summed E-state index contributed by atoms with van der Waals surface area (Å²) >= 11 is 0. The maximum absolute atomic E-state index is 11.7. The van der Waals surface area contributed by atoms with Crippen LogP contribution in [0.2, 0.25) is 0 Å². The van der Waals surface area contributed by atoms with Gasteiger partial charge in [0.25, 0.3) is 0 Å². The Balaban J connectivity index is 1.48. The Kier molecular flexibility index (Phi) is 4.70. The smallest absolute Gasteiger partial charge is 0.407 e. The third-order valence-electron chi connectivity index (χ3n) is 3.46. The van der Waals surface area contributed by atoms with E-state index in [1.807, 2.05) is 18.2 Å². The monoisotopic (exact) mass is 302 g/mol. The van der Waals surface area contributed by atoms with Gasteiger partial charge in [-0.15, -0.1) is 0 Å². The molecule has 0 aliphatic carbocycles. The van der Waals surface area contributed by atoms with E-state index in [9.17, 15) is 4.79 Å². The number of nitrogens with zero attached hydrogens (tertiary/aromatic N) is 1. The second-order valence-corrected chi connectivity index (χ2v) is 5.15. The number of pyridine rings is 1. The largest absolute Gasteiger partial charge is 0.464 e. The Morgan fingerprint density at radius 3 is 3.18 bits per heavy atom. The van der Waals surface area contributed by atoms with E-state index in [4.69, 9.17) is 13.9 Å². The maximum atomic E-state index is 11.7. The number of carbonyl (C=O) groups is 1. The summed E-state index contributed by atoms with van der Waals surface area (Å²) in [4.78, 5) is 15.8. The van der Waals surface area contributed by atoms with Crippen molar-refractivity contribution in [2.24, 2.45) is 0 Å². The summed E-state index contributed by atoms with van der Waals surface area (Å²) < 4.78 is 15.9. The zero-order valence-electron chi connectivity index (χ0n) is 12.2. The van der Waals surface area contributed by atoms with Crippen molar-refractivity contribution in [3.05, 3.63) is 42.4 Å². The minimum Gasteiger partial charge on any atom is -0.464 e. The molecule has 0 saturated carbocycles. The average Bonchev–Trinajstić information content (AvgIpc) is 3.24. The van der Waals surface area contributed by atoms with E-state index >= 15 is 0 Å². The summed E-state index contributed by atoms with van der Waals surface area (Å²) in [7, 11) is 0. The normalized spacial score (nSPS) is 17.4. The SMILES string of the molecule is O=C(NCc1cncc(-c2ccco2)c1)OCC1CCCO1. The Morgan fingerprint density at radius 2 is 2.41 bits per heavy atom. The van der Waals surface area contributed by atoms with Gasteiger partial charge in [0.15, 0.2) is 0 Å². The van der Waals surface area contributed by atoms with E-state index in [1.54, 1.807) is 18.7 Å². The van der Waals surface area contributed by atoms with E-state index in [0.717, 1.165) is 36.3 Å². The molecule has 22 heavy (non-hydrogen) atoms. The number of ether oxygens (including phenoxy) is 2. The Bertz CT molecular complexity index is 606. The lowest BCUT2D eigenvalue weighted by atomic mass is 10.1. The summed E-state index contributed by atoms with van der Waals surface area (Å²) in [5.41, 5.74) is 1.75. The Hall–Kier alpha value is -2.34. The molecule has 0 bridgehead atoms. The van der Waals surface area contributed by atoms with E-state index in [-0.39, 0.29) is 6.10 Å². The van der Waals surface area contributed by atoms with E-state index in [2.05, 4.69) is 10.3 Å². The van der Waals surface area contributed by atoms with Crippen molar-refractivity contribution in [3.63, 3.8) is 0 Å². The number of furan rings is 1. The number of hydrogen-bond acceptors (Lipinski definition) is 5. The molecule has 6 heteroatoms. The summed E-state index contributed by atoms with van der Waals surface area (Å²) in [6.07, 6.45) is 6.60. The van der Waals surface area contributed by atoms with Gasteiger partial charge in [-0.2, -0.15) is 0 Å². The highest BCUT2D eigenvalue weighted by Crippen LogP contribution is 2.19. The van der Waals surface area contributed by atoms with Crippen molar-refractivity contribution >= 4 is 6.09 Å². The first-order valence-corrected chi connectivity index (χ1v) is 7.31. The van der Waals surface area contributed by atoms with Crippen molar-refractivity contribution < 1.29 is 18.7 Å². The van der Waals surface area contributed by atoms with Crippen LogP contribution in [-0.2, 0) is 16.0 Å². The van der Waals surface area contributed by atoms with Crippen LogP contribution in [0.1, 0.15) is 18.4 Å². The van der Waals surface area contributed by atoms with Crippen LogP contribution in [-0.4, -0.2) is 30.4 Å². The quantitative estimate of drug-likeness (QED) is 0.919. The molecule has 1 atom stereocenters. The molecule has 0 spiro atoms. The van der Waals surface area contributed by atoms with Crippen LogP contribution in [0.25, 0.3) is 11.3 Å². The number of aromatic nitrogens is 1. The highest BCUT2D eigenvalue weighted by molar-refractivity contribution is 5.67. The number of alkyl carbamates (subject to hydrolysis) is 1. The van der Waals surface area contributed by atoms with Crippen LogP contribution >= 0.6 is 0 Å². The van der Waals surface area contributed by atoms with Gasteiger partial charge in [-0.25, -0.2) is 4.79 Å². The minimum atomic E-state index is -0.445.